The number of halogens is 2. The summed E-state index contributed by atoms with van der Waals surface area (Å²) in [5.41, 5.74) is -1.51. The SMILES string of the molecule is CC(C)(O)COc1cc(F)c(Br)cc1[N+](=O)[O-]. The van der Waals surface area contributed by atoms with Crippen LogP contribution >= 0.6 is 15.9 Å². The van der Waals surface area contributed by atoms with Gasteiger partial charge in [0.15, 0.2) is 5.75 Å². The number of rotatable bonds is 4. The summed E-state index contributed by atoms with van der Waals surface area (Å²) in [5.74, 6) is -0.876. The first-order valence-corrected chi connectivity index (χ1v) is 5.48. The third-order valence-electron chi connectivity index (χ3n) is 1.78. The molecule has 0 spiro atoms. The summed E-state index contributed by atoms with van der Waals surface area (Å²) in [4.78, 5) is 10.1. The van der Waals surface area contributed by atoms with Crippen molar-refractivity contribution in [3.8, 4) is 5.75 Å². The van der Waals surface area contributed by atoms with E-state index in [9.17, 15) is 19.6 Å². The van der Waals surface area contributed by atoms with Gasteiger partial charge < -0.3 is 9.84 Å². The monoisotopic (exact) mass is 307 g/mol. The van der Waals surface area contributed by atoms with Crippen molar-refractivity contribution in [2.75, 3.05) is 6.61 Å². The van der Waals surface area contributed by atoms with Gasteiger partial charge in [-0.3, -0.25) is 10.1 Å². The lowest BCUT2D eigenvalue weighted by molar-refractivity contribution is -0.386. The fourth-order valence-corrected chi connectivity index (χ4v) is 1.36. The van der Waals surface area contributed by atoms with Gasteiger partial charge in [0.1, 0.15) is 12.4 Å². The molecule has 94 valence electrons. The average Bonchev–Trinajstić information content (AvgIpc) is 2.17. The van der Waals surface area contributed by atoms with Crippen LogP contribution in [0.5, 0.6) is 5.75 Å². The fraction of sp³-hybridized carbons (Fsp3) is 0.400. The van der Waals surface area contributed by atoms with Gasteiger partial charge >= 0.3 is 5.69 Å². The number of hydrogen-bond acceptors (Lipinski definition) is 4. The van der Waals surface area contributed by atoms with Crippen LogP contribution in [0.15, 0.2) is 16.6 Å². The Balaban J connectivity index is 3.05. The first kappa shape index (κ1) is 13.9. The molecule has 0 saturated carbocycles. The van der Waals surface area contributed by atoms with E-state index in [1.165, 1.54) is 13.8 Å². The first-order valence-electron chi connectivity index (χ1n) is 4.69. The highest BCUT2D eigenvalue weighted by molar-refractivity contribution is 9.10. The Hall–Kier alpha value is -1.21. The largest absolute Gasteiger partial charge is 0.484 e. The van der Waals surface area contributed by atoms with Crippen LogP contribution in [-0.4, -0.2) is 22.2 Å². The van der Waals surface area contributed by atoms with Crippen molar-refractivity contribution >= 4 is 21.6 Å². The second-order valence-electron chi connectivity index (χ2n) is 4.09. The molecule has 7 heteroatoms. The molecule has 0 heterocycles. The number of nitrogens with zero attached hydrogens (tertiary/aromatic N) is 1. The predicted molar refractivity (Wildman–Crippen MR) is 62.5 cm³/mol. The smallest absolute Gasteiger partial charge is 0.312 e. The molecule has 0 aliphatic carbocycles. The highest BCUT2D eigenvalue weighted by Crippen LogP contribution is 2.32. The maximum atomic E-state index is 13.2. The summed E-state index contributed by atoms with van der Waals surface area (Å²) in [6, 6.07) is 1.93. The molecule has 0 amide bonds. The lowest BCUT2D eigenvalue weighted by Gasteiger charge is -2.17. The Bertz CT molecular complexity index is 445. The van der Waals surface area contributed by atoms with Gasteiger partial charge in [-0.2, -0.15) is 0 Å². The molecule has 17 heavy (non-hydrogen) atoms. The second kappa shape index (κ2) is 4.97. The van der Waals surface area contributed by atoms with Crippen molar-refractivity contribution in [3.63, 3.8) is 0 Å². The standard InChI is InChI=1S/C10H11BrFNO4/c1-10(2,14)5-17-9-4-7(12)6(11)3-8(9)13(15)16/h3-4,14H,5H2,1-2H3. The van der Waals surface area contributed by atoms with Crippen LogP contribution in [0.1, 0.15) is 13.8 Å². The molecule has 0 unspecified atom stereocenters. The normalized spacial score (nSPS) is 11.4. The van der Waals surface area contributed by atoms with Crippen LogP contribution in [0, 0.1) is 15.9 Å². The van der Waals surface area contributed by atoms with E-state index in [0.29, 0.717) is 0 Å². The number of nitro benzene ring substituents is 1. The molecule has 1 rings (SSSR count). The minimum Gasteiger partial charge on any atom is -0.484 e. The molecule has 0 saturated heterocycles. The van der Waals surface area contributed by atoms with Crippen molar-refractivity contribution in [1.82, 2.24) is 0 Å². The Morgan fingerprint density at radius 1 is 1.59 bits per heavy atom. The lowest BCUT2D eigenvalue weighted by Crippen LogP contribution is -2.28. The number of ether oxygens (including phenoxy) is 1. The van der Waals surface area contributed by atoms with Gasteiger partial charge in [-0.15, -0.1) is 0 Å². The van der Waals surface area contributed by atoms with Gasteiger partial charge in [0.05, 0.1) is 15.0 Å². The van der Waals surface area contributed by atoms with Crippen LogP contribution in [0.25, 0.3) is 0 Å². The van der Waals surface area contributed by atoms with E-state index in [-0.39, 0.29) is 22.5 Å². The zero-order valence-electron chi connectivity index (χ0n) is 9.24. The summed E-state index contributed by atoms with van der Waals surface area (Å²) in [5, 5.41) is 20.2. The first-order chi connectivity index (χ1) is 7.70. The van der Waals surface area contributed by atoms with Crippen molar-refractivity contribution in [2.45, 2.75) is 19.4 Å². The fourth-order valence-electron chi connectivity index (χ4n) is 1.03. The third-order valence-corrected chi connectivity index (χ3v) is 2.39. The van der Waals surface area contributed by atoms with Gasteiger partial charge in [0, 0.05) is 12.1 Å². The van der Waals surface area contributed by atoms with Crippen molar-refractivity contribution in [3.05, 3.63) is 32.5 Å². The van der Waals surface area contributed by atoms with Gasteiger partial charge in [-0.1, -0.05) is 0 Å². The molecule has 1 aromatic rings. The zero-order valence-corrected chi connectivity index (χ0v) is 10.8. The predicted octanol–water partition coefficient (Wildman–Crippen LogP) is 2.65. The van der Waals surface area contributed by atoms with Gasteiger partial charge in [-0.05, 0) is 29.8 Å². The van der Waals surface area contributed by atoms with Crippen molar-refractivity contribution < 1.29 is 19.2 Å². The number of benzene rings is 1. The molecular formula is C10H11BrFNO4. The highest BCUT2D eigenvalue weighted by atomic mass is 79.9. The Labute approximate surface area is 105 Å². The van der Waals surface area contributed by atoms with Crippen LogP contribution < -0.4 is 4.74 Å². The molecule has 0 aliphatic rings. The molecule has 5 nitrogen and oxygen atoms in total. The Kier molecular flexibility index (Phi) is 4.05. The lowest BCUT2D eigenvalue weighted by atomic mass is 10.2. The van der Waals surface area contributed by atoms with Crippen LogP contribution in [-0.2, 0) is 0 Å². The molecule has 0 fully saturated rings. The maximum absolute atomic E-state index is 13.2. The van der Waals surface area contributed by atoms with E-state index in [1.54, 1.807) is 0 Å². The Morgan fingerprint density at radius 2 is 2.18 bits per heavy atom. The molecule has 0 aromatic heterocycles. The van der Waals surface area contributed by atoms with Gasteiger partial charge in [0.2, 0.25) is 0 Å². The molecule has 0 radical (unpaired) electrons. The van der Waals surface area contributed by atoms with Crippen molar-refractivity contribution in [1.29, 1.82) is 0 Å². The summed E-state index contributed by atoms with van der Waals surface area (Å²) < 4.78 is 18.3. The minimum atomic E-state index is -1.16. The topological polar surface area (TPSA) is 72.6 Å². The molecule has 0 atom stereocenters. The molecule has 0 aliphatic heterocycles. The van der Waals surface area contributed by atoms with Crippen LogP contribution in [0.2, 0.25) is 0 Å². The van der Waals surface area contributed by atoms with E-state index < -0.39 is 16.3 Å². The molecule has 1 aromatic carbocycles. The average molecular weight is 308 g/mol. The highest BCUT2D eigenvalue weighted by Gasteiger charge is 2.21. The quantitative estimate of drug-likeness (QED) is 0.685. The molecule has 1 N–H and O–H groups in total. The minimum absolute atomic E-state index is 0.0141. The number of hydrogen-bond donors (Lipinski definition) is 1. The van der Waals surface area contributed by atoms with E-state index in [0.717, 1.165) is 12.1 Å². The Morgan fingerprint density at radius 3 is 2.65 bits per heavy atom. The second-order valence-corrected chi connectivity index (χ2v) is 4.95. The number of aliphatic hydroxyl groups is 1. The summed E-state index contributed by atoms with van der Waals surface area (Å²) in [6.07, 6.45) is 0. The molecular weight excluding hydrogens is 297 g/mol. The van der Waals surface area contributed by atoms with E-state index >= 15 is 0 Å². The zero-order chi connectivity index (χ0) is 13.2. The summed E-state index contributed by atoms with van der Waals surface area (Å²) in [6.45, 7) is 2.79. The van der Waals surface area contributed by atoms with Crippen LogP contribution in [0.3, 0.4) is 0 Å². The summed E-state index contributed by atoms with van der Waals surface area (Å²) in [7, 11) is 0. The van der Waals surface area contributed by atoms with Crippen molar-refractivity contribution in [2.24, 2.45) is 0 Å². The van der Waals surface area contributed by atoms with Gasteiger partial charge in [0.25, 0.3) is 0 Å². The van der Waals surface area contributed by atoms with Gasteiger partial charge in [-0.25, -0.2) is 4.39 Å². The maximum Gasteiger partial charge on any atom is 0.312 e. The van der Waals surface area contributed by atoms with E-state index in [4.69, 9.17) is 4.74 Å². The van der Waals surface area contributed by atoms with Crippen LogP contribution in [0.4, 0.5) is 10.1 Å². The third kappa shape index (κ3) is 3.94. The summed E-state index contributed by atoms with van der Waals surface area (Å²) >= 11 is 2.85. The van der Waals surface area contributed by atoms with E-state index in [1.807, 2.05) is 0 Å². The van der Waals surface area contributed by atoms with E-state index in [2.05, 4.69) is 15.9 Å². The molecule has 0 bridgehead atoms. The number of nitro groups is 1.